The predicted octanol–water partition coefficient (Wildman–Crippen LogP) is 2.65. The van der Waals surface area contributed by atoms with E-state index in [1.165, 1.54) is 30.3 Å². The zero-order valence-electron chi connectivity index (χ0n) is 9.31. The molecule has 1 aromatic heterocycles. The molecule has 0 spiro atoms. The zero-order valence-corrected chi connectivity index (χ0v) is 9.31. The smallest absolute Gasteiger partial charge is 0.150 e. The first-order valence-corrected chi connectivity index (χ1v) is 5.71. The standard InChI is InChI=1S/C13H14N2O/c1-15-12-7-9(8-16)5-6-11(12)13(14-15)10-3-2-4-10/h5-8,10H,2-4H2,1H3. The van der Waals surface area contributed by atoms with Crippen molar-refractivity contribution in [2.45, 2.75) is 25.2 Å². The minimum atomic E-state index is 0.630. The number of aldehydes is 1. The maximum absolute atomic E-state index is 10.7. The van der Waals surface area contributed by atoms with Gasteiger partial charge in [0.15, 0.2) is 0 Å². The van der Waals surface area contributed by atoms with Gasteiger partial charge in [-0.3, -0.25) is 9.48 Å². The summed E-state index contributed by atoms with van der Waals surface area (Å²) in [7, 11) is 1.94. The van der Waals surface area contributed by atoms with Crippen LogP contribution in [0.4, 0.5) is 0 Å². The van der Waals surface area contributed by atoms with E-state index in [-0.39, 0.29) is 0 Å². The Balaban J connectivity index is 2.20. The van der Waals surface area contributed by atoms with Gasteiger partial charge in [-0.15, -0.1) is 0 Å². The van der Waals surface area contributed by atoms with Crippen LogP contribution >= 0.6 is 0 Å². The van der Waals surface area contributed by atoms with E-state index in [1.807, 2.05) is 29.9 Å². The molecule has 0 amide bonds. The van der Waals surface area contributed by atoms with E-state index < -0.39 is 0 Å². The van der Waals surface area contributed by atoms with Crippen LogP contribution in [0.1, 0.15) is 41.2 Å². The van der Waals surface area contributed by atoms with Crippen molar-refractivity contribution in [2.75, 3.05) is 0 Å². The lowest BCUT2D eigenvalue weighted by molar-refractivity contribution is 0.112. The highest BCUT2D eigenvalue weighted by Gasteiger charge is 2.24. The average Bonchev–Trinajstić information content (AvgIpc) is 2.54. The Labute approximate surface area is 94.1 Å². The van der Waals surface area contributed by atoms with Crippen LogP contribution in [0.15, 0.2) is 18.2 Å². The van der Waals surface area contributed by atoms with Crippen molar-refractivity contribution in [2.24, 2.45) is 7.05 Å². The number of carbonyl (C=O) groups is 1. The minimum absolute atomic E-state index is 0.630. The third kappa shape index (κ3) is 1.28. The van der Waals surface area contributed by atoms with Crippen molar-refractivity contribution in [3.05, 3.63) is 29.5 Å². The summed E-state index contributed by atoms with van der Waals surface area (Å²) in [6.45, 7) is 0. The second-order valence-corrected chi connectivity index (χ2v) is 4.53. The Morgan fingerprint density at radius 2 is 2.25 bits per heavy atom. The summed E-state index contributed by atoms with van der Waals surface area (Å²) in [4.78, 5) is 10.7. The molecule has 16 heavy (non-hydrogen) atoms. The maximum atomic E-state index is 10.7. The van der Waals surface area contributed by atoms with Gasteiger partial charge in [0.2, 0.25) is 0 Å². The Morgan fingerprint density at radius 1 is 1.44 bits per heavy atom. The average molecular weight is 214 g/mol. The number of carbonyl (C=O) groups excluding carboxylic acids is 1. The van der Waals surface area contributed by atoms with Crippen molar-refractivity contribution < 1.29 is 4.79 Å². The van der Waals surface area contributed by atoms with Gasteiger partial charge >= 0.3 is 0 Å². The van der Waals surface area contributed by atoms with Gasteiger partial charge in [0, 0.05) is 23.9 Å². The number of hydrogen-bond donors (Lipinski definition) is 0. The second kappa shape index (κ2) is 3.44. The molecular weight excluding hydrogens is 200 g/mol. The van der Waals surface area contributed by atoms with Gasteiger partial charge in [-0.1, -0.05) is 18.6 Å². The minimum Gasteiger partial charge on any atom is -0.298 e. The highest BCUT2D eigenvalue weighted by atomic mass is 16.1. The first-order valence-electron chi connectivity index (χ1n) is 5.71. The molecule has 3 nitrogen and oxygen atoms in total. The second-order valence-electron chi connectivity index (χ2n) is 4.53. The molecule has 0 bridgehead atoms. The van der Waals surface area contributed by atoms with Crippen LogP contribution in [0.3, 0.4) is 0 Å². The number of aryl methyl sites for hydroxylation is 1. The molecule has 3 heteroatoms. The van der Waals surface area contributed by atoms with E-state index in [4.69, 9.17) is 0 Å². The van der Waals surface area contributed by atoms with Crippen LogP contribution in [-0.2, 0) is 7.05 Å². The Morgan fingerprint density at radius 3 is 2.88 bits per heavy atom. The maximum Gasteiger partial charge on any atom is 0.150 e. The normalized spacial score (nSPS) is 16.3. The molecule has 0 atom stereocenters. The summed E-state index contributed by atoms with van der Waals surface area (Å²) in [5, 5.41) is 5.79. The van der Waals surface area contributed by atoms with Gasteiger partial charge in [-0.05, 0) is 18.9 Å². The molecule has 1 aliphatic carbocycles. The highest BCUT2D eigenvalue weighted by Crippen LogP contribution is 2.38. The molecule has 0 N–H and O–H groups in total. The molecular formula is C13H14N2O. The number of rotatable bonds is 2. The van der Waals surface area contributed by atoms with Crippen molar-refractivity contribution >= 4 is 17.2 Å². The molecule has 0 unspecified atom stereocenters. The summed E-state index contributed by atoms with van der Waals surface area (Å²) in [6, 6.07) is 5.82. The zero-order chi connectivity index (χ0) is 11.1. The number of aromatic nitrogens is 2. The molecule has 1 fully saturated rings. The summed E-state index contributed by atoms with van der Waals surface area (Å²) in [5.41, 5.74) is 2.99. The molecule has 1 aliphatic rings. The largest absolute Gasteiger partial charge is 0.298 e. The van der Waals surface area contributed by atoms with Crippen LogP contribution in [0.25, 0.3) is 10.9 Å². The fraction of sp³-hybridized carbons (Fsp3) is 0.385. The molecule has 0 aliphatic heterocycles. The Hall–Kier alpha value is -1.64. The van der Waals surface area contributed by atoms with E-state index in [0.717, 1.165) is 17.4 Å². The lowest BCUT2D eigenvalue weighted by Crippen LogP contribution is -2.09. The van der Waals surface area contributed by atoms with Gasteiger partial charge in [0.25, 0.3) is 0 Å². The molecule has 82 valence electrons. The lowest BCUT2D eigenvalue weighted by Gasteiger charge is -2.23. The number of benzene rings is 1. The van der Waals surface area contributed by atoms with Gasteiger partial charge in [-0.2, -0.15) is 5.10 Å². The molecule has 1 heterocycles. The molecule has 1 aromatic carbocycles. The van der Waals surface area contributed by atoms with Crippen molar-refractivity contribution in [1.29, 1.82) is 0 Å². The summed E-state index contributed by atoms with van der Waals surface area (Å²) in [6.07, 6.45) is 4.70. The summed E-state index contributed by atoms with van der Waals surface area (Å²) >= 11 is 0. The van der Waals surface area contributed by atoms with Crippen LogP contribution < -0.4 is 0 Å². The molecule has 0 radical (unpaired) electrons. The van der Waals surface area contributed by atoms with Crippen LogP contribution in [-0.4, -0.2) is 16.1 Å². The van der Waals surface area contributed by atoms with Crippen molar-refractivity contribution in [3.8, 4) is 0 Å². The van der Waals surface area contributed by atoms with Gasteiger partial charge in [0.1, 0.15) is 6.29 Å². The predicted molar refractivity (Wildman–Crippen MR) is 62.7 cm³/mol. The van der Waals surface area contributed by atoms with E-state index in [0.29, 0.717) is 5.92 Å². The van der Waals surface area contributed by atoms with Crippen molar-refractivity contribution in [1.82, 2.24) is 9.78 Å². The van der Waals surface area contributed by atoms with E-state index in [2.05, 4.69) is 5.10 Å². The molecule has 2 aromatic rings. The van der Waals surface area contributed by atoms with Crippen molar-refractivity contribution in [3.63, 3.8) is 0 Å². The van der Waals surface area contributed by atoms with Crippen LogP contribution in [0.5, 0.6) is 0 Å². The first kappa shape index (κ1) is 9.58. The SMILES string of the molecule is Cn1nc(C2CCC2)c2ccc(C=O)cc21. The van der Waals surface area contributed by atoms with Gasteiger partial charge in [-0.25, -0.2) is 0 Å². The number of hydrogen-bond acceptors (Lipinski definition) is 2. The Bertz CT molecular complexity index is 552. The fourth-order valence-electron chi connectivity index (χ4n) is 2.36. The molecule has 1 saturated carbocycles. The highest BCUT2D eigenvalue weighted by molar-refractivity contribution is 5.88. The fourth-order valence-corrected chi connectivity index (χ4v) is 2.36. The van der Waals surface area contributed by atoms with Gasteiger partial charge in [0.05, 0.1) is 11.2 Å². The van der Waals surface area contributed by atoms with E-state index in [9.17, 15) is 4.79 Å². The van der Waals surface area contributed by atoms with Gasteiger partial charge < -0.3 is 0 Å². The lowest BCUT2D eigenvalue weighted by atomic mass is 9.82. The third-order valence-electron chi connectivity index (χ3n) is 3.53. The number of nitrogens with zero attached hydrogens (tertiary/aromatic N) is 2. The molecule has 3 rings (SSSR count). The summed E-state index contributed by atoms with van der Waals surface area (Å²) < 4.78 is 1.88. The summed E-state index contributed by atoms with van der Waals surface area (Å²) in [5.74, 6) is 0.630. The molecule has 0 saturated heterocycles. The monoisotopic (exact) mass is 214 g/mol. The van der Waals surface area contributed by atoms with Crippen LogP contribution in [0, 0.1) is 0 Å². The quantitative estimate of drug-likeness (QED) is 0.720. The van der Waals surface area contributed by atoms with E-state index >= 15 is 0 Å². The Kier molecular flexibility index (Phi) is 2.06. The number of fused-ring (bicyclic) bond motifs is 1. The third-order valence-corrected chi connectivity index (χ3v) is 3.53. The topological polar surface area (TPSA) is 34.9 Å². The first-order chi connectivity index (χ1) is 7.79. The van der Waals surface area contributed by atoms with Crippen LogP contribution in [0.2, 0.25) is 0 Å². The van der Waals surface area contributed by atoms with E-state index in [1.54, 1.807) is 0 Å².